The first-order chi connectivity index (χ1) is 12.0. The first-order valence-corrected chi connectivity index (χ1v) is 8.55. The molecule has 0 saturated carbocycles. The maximum atomic E-state index is 10.6. The molecule has 26 heavy (non-hydrogen) atoms. The van der Waals surface area contributed by atoms with E-state index in [4.69, 9.17) is 9.47 Å². The number of hydrogen-bond acceptors (Lipinski definition) is 10. The number of aliphatic hydroxyl groups excluding tert-OH is 8. The summed E-state index contributed by atoms with van der Waals surface area (Å²) in [6, 6.07) is 0. The first-order valence-electron chi connectivity index (χ1n) is 8.55. The molecule has 1 heterocycles. The Kier molecular flexibility index (Phi) is 8.81. The smallest absolute Gasteiger partial charge is 0.187 e. The highest BCUT2D eigenvalue weighted by molar-refractivity contribution is 4.92. The van der Waals surface area contributed by atoms with Gasteiger partial charge in [0.15, 0.2) is 6.29 Å². The van der Waals surface area contributed by atoms with E-state index < -0.39 is 73.6 Å². The van der Waals surface area contributed by atoms with Crippen molar-refractivity contribution in [3.05, 3.63) is 0 Å². The van der Waals surface area contributed by atoms with Crippen molar-refractivity contribution in [1.82, 2.24) is 0 Å². The zero-order valence-electron chi connectivity index (χ0n) is 15.2. The molecule has 9 atom stereocenters. The molecule has 0 radical (unpaired) electrons. The standard InChI is InChI=1S/C16H32O10/c1-7(16(2,3)6-19)10(21)14(8(20)4-17)26-15-13(24)12(23)11(22)9(5-18)25-15/h7-15,17-24H,4-6H2,1-3H3/t7?,8-,9-,10-,11+,12+,13-,14-,15+/m1/s1. The Hall–Kier alpha value is -0.400. The van der Waals surface area contributed by atoms with Crippen LogP contribution >= 0.6 is 0 Å². The molecular weight excluding hydrogens is 352 g/mol. The quantitative estimate of drug-likeness (QED) is 0.199. The van der Waals surface area contributed by atoms with Gasteiger partial charge >= 0.3 is 0 Å². The molecule has 1 aliphatic heterocycles. The van der Waals surface area contributed by atoms with Crippen molar-refractivity contribution >= 4 is 0 Å². The van der Waals surface area contributed by atoms with Crippen molar-refractivity contribution in [2.75, 3.05) is 19.8 Å². The summed E-state index contributed by atoms with van der Waals surface area (Å²) in [5, 5.41) is 78.2. The second-order valence-electron chi connectivity index (χ2n) is 7.47. The maximum Gasteiger partial charge on any atom is 0.187 e. The van der Waals surface area contributed by atoms with E-state index >= 15 is 0 Å². The summed E-state index contributed by atoms with van der Waals surface area (Å²) < 4.78 is 10.6. The van der Waals surface area contributed by atoms with E-state index in [9.17, 15) is 40.9 Å². The third kappa shape index (κ3) is 5.10. The van der Waals surface area contributed by atoms with Gasteiger partial charge in [-0.2, -0.15) is 0 Å². The molecule has 1 fully saturated rings. The lowest BCUT2D eigenvalue weighted by atomic mass is 9.75. The summed E-state index contributed by atoms with van der Waals surface area (Å²) in [6.07, 6.45) is -12.1. The monoisotopic (exact) mass is 384 g/mol. The maximum absolute atomic E-state index is 10.6. The predicted octanol–water partition coefficient (Wildman–Crippen LogP) is -3.46. The summed E-state index contributed by atoms with van der Waals surface area (Å²) in [6.45, 7) is 3.33. The van der Waals surface area contributed by atoms with E-state index in [-0.39, 0.29) is 6.61 Å². The molecular formula is C16H32O10. The van der Waals surface area contributed by atoms with Crippen molar-refractivity contribution in [1.29, 1.82) is 0 Å². The molecule has 0 aromatic carbocycles. The Bertz CT molecular complexity index is 418. The van der Waals surface area contributed by atoms with Crippen molar-refractivity contribution in [3.8, 4) is 0 Å². The van der Waals surface area contributed by atoms with E-state index in [0.717, 1.165) is 0 Å². The molecule has 1 unspecified atom stereocenters. The van der Waals surface area contributed by atoms with Crippen LogP contribution in [0.3, 0.4) is 0 Å². The molecule has 8 N–H and O–H groups in total. The van der Waals surface area contributed by atoms with Gasteiger partial charge < -0.3 is 50.3 Å². The lowest BCUT2D eigenvalue weighted by Gasteiger charge is -2.43. The van der Waals surface area contributed by atoms with Gasteiger partial charge in [0.1, 0.15) is 36.6 Å². The SMILES string of the molecule is CC([C@@H](O)[C@H](O[C@@H]1O[C@H](CO)[C@H](O)[C@H](O)[C@H]1O)[C@H](O)CO)C(C)(C)CO. The fraction of sp³-hybridized carbons (Fsp3) is 1.00. The lowest BCUT2D eigenvalue weighted by molar-refractivity contribution is -0.327. The van der Waals surface area contributed by atoms with Gasteiger partial charge in [-0.3, -0.25) is 0 Å². The van der Waals surface area contributed by atoms with Crippen LogP contribution in [0.5, 0.6) is 0 Å². The Morgan fingerprint density at radius 2 is 1.58 bits per heavy atom. The van der Waals surface area contributed by atoms with Crippen LogP contribution in [-0.2, 0) is 9.47 Å². The second-order valence-corrected chi connectivity index (χ2v) is 7.47. The van der Waals surface area contributed by atoms with E-state index in [1.165, 1.54) is 0 Å². The van der Waals surface area contributed by atoms with Crippen LogP contribution in [0.1, 0.15) is 20.8 Å². The van der Waals surface area contributed by atoms with Crippen LogP contribution in [0.25, 0.3) is 0 Å². The fourth-order valence-electron chi connectivity index (χ4n) is 2.73. The van der Waals surface area contributed by atoms with Gasteiger partial charge in [-0.15, -0.1) is 0 Å². The third-order valence-corrected chi connectivity index (χ3v) is 5.20. The highest BCUT2D eigenvalue weighted by Gasteiger charge is 2.47. The number of rotatable bonds is 9. The zero-order valence-corrected chi connectivity index (χ0v) is 15.2. The molecule has 10 heteroatoms. The number of hydrogen-bond donors (Lipinski definition) is 8. The molecule has 0 spiro atoms. The van der Waals surface area contributed by atoms with Crippen molar-refractivity contribution in [2.45, 2.75) is 69.8 Å². The molecule has 0 aromatic rings. The molecule has 0 aromatic heterocycles. The number of aliphatic hydroxyl groups is 8. The van der Waals surface area contributed by atoms with E-state index in [1.807, 2.05) is 0 Å². The molecule has 10 nitrogen and oxygen atoms in total. The number of ether oxygens (including phenoxy) is 2. The second kappa shape index (κ2) is 9.69. The predicted molar refractivity (Wildman–Crippen MR) is 87.8 cm³/mol. The van der Waals surface area contributed by atoms with E-state index in [1.54, 1.807) is 20.8 Å². The first kappa shape index (κ1) is 23.6. The summed E-state index contributed by atoms with van der Waals surface area (Å²) >= 11 is 0. The molecule has 1 rings (SSSR count). The Morgan fingerprint density at radius 3 is 2.04 bits per heavy atom. The minimum atomic E-state index is -1.71. The molecule has 156 valence electrons. The van der Waals surface area contributed by atoms with Crippen LogP contribution in [0.15, 0.2) is 0 Å². The average Bonchev–Trinajstić information content (AvgIpc) is 2.63. The van der Waals surface area contributed by atoms with Crippen molar-refractivity contribution in [2.24, 2.45) is 11.3 Å². The molecule has 0 amide bonds. The van der Waals surface area contributed by atoms with Gasteiger partial charge in [0.05, 0.1) is 19.3 Å². The van der Waals surface area contributed by atoms with Gasteiger partial charge in [0.25, 0.3) is 0 Å². The van der Waals surface area contributed by atoms with Crippen molar-refractivity contribution in [3.63, 3.8) is 0 Å². The Morgan fingerprint density at radius 1 is 1.00 bits per heavy atom. The average molecular weight is 384 g/mol. The molecule has 1 aliphatic rings. The Balaban J connectivity index is 3.00. The highest BCUT2D eigenvalue weighted by atomic mass is 16.7. The van der Waals surface area contributed by atoms with Gasteiger partial charge in [0.2, 0.25) is 0 Å². The minimum absolute atomic E-state index is 0.257. The highest BCUT2D eigenvalue weighted by Crippen LogP contribution is 2.33. The lowest BCUT2D eigenvalue weighted by Crippen LogP contribution is -2.61. The van der Waals surface area contributed by atoms with Gasteiger partial charge in [-0.1, -0.05) is 20.8 Å². The van der Waals surface area contributed by atoms with E-state index in [0.29, 0.717) is 0 Å². The molecule has 1 saturated heterocycles. The molecule has 0 bridgehead atoms. The largest absolute Gasteiger partial charge is 0.396 e. The zero-order chi connectivity index (χ0) is 20.2. The van der Waals surface area contributed by atoms with Crippen LogP contribution < -0.4 is 0 Å². The van der Waals surface area contributed by atoms with Crippen molar-refractivity contribution < 1.29 is 50.3 Å². The summed E-state index contributed by atoms with van der Waals surface area (Å²) in [4.78, 5) is 0. The Labute approximate surface area is 152 Å². The van der Waals surface area contributed by atoms with Crippen LogP contribution in [0.2, 0.25) is 0 Å². The fourth-order valence-corrected chi connectivity index (χ4v) is 2.73. The van der Waals surface area contributed by atoms with Crippen LogP contribution in [-0.4, -0.2) is 110 Å². The molecule has 0 aliphatic carbocycles. The normalized spacial score (nSPS) is 35.0. The van der Waals surface area contributed by atoms with Crippen LogP contribution in [0, 0.1) is 11.3 Å². The van der Waals surface area contributed by atoms with Gasteiger partial charge in [0, 0.05) is 6.61 Å². The summed E-state index contributed by atoms with van der Waals surface area (Å²) in [5.41, 5.74) is -0.744. The van der Waals surface area contributed by atoms with Gasteiger partial charge in [-0.25, -0.2) is 0 Å². The topological polar surface area (TPSA) is 180 Å². The van der Waals surface area contributed by atoms with E-state index in [2.05, 4.69) is 0 Å². The minimum Gasteiger partial charge on any atom is -0.396 e. The third-order valence-electron chi connectivity index (χ3n) is 5.20. The van der Waals surface area contributed by atoms with Crippen LogP contribution in [0.4, 0.5) is 0 Å². The van der Waals surface area contributed by atoms with Gasteiger partial charge in [-0.05, 0) is 11.3 Å². The summed E-state index contributed by atoms with van der Waals surface area (Å²) in [7, 11) is 0. The summed E-state index contributed by atoms with van der Waals surface area (Å²) in [5.74, 6) is -0.594.